The van der Waals surface area contributed by atoms with Gasteiger partial charge in [-0.3, -0.25) is 9.59 Å². The molecule has 0 aliphatic heterocycles. The summed E-state index contributed by atoms with van der Waals surface area (Å²) in [6.45, 7) is 2.13. The lowest BCUT2D eigenvalue weighted by atomic mass is 9.84. The summed E-state index contributed by atoms with van der Waals surface area (Å²) in [6, 6.07) is 16.3. The maximum atomic E-state index is 12.9. The minimum absolute atomic E-state index is 0.0291. The van der Waals surface area contributed by atoms with Crippen LogP contribution >= 0.6 is 11.6 Å². The number of hydrogen-bond acceptors (Lipinski definition) is 2. The summed E-state index contributed by atoms with van der Waals surface area (Å²) in [5, 5.41) is 6.62. The fraction of sp³-hybridized carbons (Fsp3) is 0.440. The van der Waals surface area contributed by atoms with Crippen LogP contribution in [-0.4, -0.2) is 17.9 Å². The molecule has 2 fully saturated rings. The Balaban J connectivity index is 1.43. The Morgan fingerprint density at radius 1 is 1.00 bits per heavy atom. The Morgan fingerprint density at radius 2 is 1.73 bits per heavy atom. The Morgan fingerprint density at radius 3 is 2.40 bits per heavy atom. The SMILES string of the molecule is C[C@H](NC(=O)C[C@@H](NC(=O)c1ccccc1Cl)c1ccccc1)[C@H]1C[C@H]2CC[C@H]1C2. The molecule has 2 aromatic carbocycles. The van der Waals surface area contributed by atoms with Crippen LogP contribution in [0.25, 0.3) is 0 Å². The van der Waals surface area contributed by atoms with E-state index in [1.54, 1.807) is 24.3 Å². The molecule has 158 valence electrons. The predicted molar refractivity (Wildman–Crippen MR) is 119 cm³/mol. The molecular formula is C25H29ClN2O2. The standard InChI is InChI=1S/C25H29ClN2O2/c1-16(21-14-17-11-12-19(21)13-17)27-24(29)15-23(18-7-3-2-4-8-18)28-25(30)20-9-5-6-10-22(20)26/h2-10,16-17,19,21,23H,11-15H2,1H3,(H,27,29)(H,28,30)/t16-,17-,19-,21+,23+/m0/s1. The molecule has 0 saturated heterocycles. The fourth-order valence-electron chi connectivity index (χ4n) is 5.33. The van der Waals surface area contributed by atoms with E-state index in [0.717, 1.165) is 17.4 Å². The zero-order valence-electron chi connectivity index (χ0n) is 17.3. The average molecular weight is 425 g/mol. The highest BCUT2D eigenvalue weighted by atomic mass is 35.5. The van der Waals surface area contributed by atoms with E-state index < -0.39 is 6.04 Å². The van der Waals surface area contributed by atoms with Gasteiger partial charge in [-0.25, -0.2) is 0 Å². The van der Waals surface area contributed by atoms with E-state index in [1.807, 2.05) is 30.3 Å². The second-order valence-electron chi connectivity index (χ2n) is 8.82. The molecule has 30 heavy (non-hydrogen) atoms. The van der Waals surface area contributed by atoms with Crippen molar-refractivity contribution in [2.75, 3.05) is 0 Å². The first-order valence-electron chi connectivity index (χ1n) is 10.9. The normalized spacial score (nSPS) is 24.3. The number of nitrogens with one attached hydrogen (secondary N) is 2. The van der Waals surface area contributed by atoms with E-state index in [-0.39, 0.29) is 24.3 Å². The first-order valence-corrected chi connectivity index (χ1v) is 11.3. The monoisotopic (exact) mass is 424 g/mol. The lowest BCUT2D eigenvalue weighted by molar-refractivity contribution is -0.122. The summed E-state index contributed by atoms with van der Waals surface area (Å²) in [5.74, 6) is 1.89. The van der Waals surface area contributed by atoms with Crippen LogP contribution in [0.5, 0.6) is 0 Å². The highest BCUT2D eigenvalue weighted by molar-refractivity contribution is 6.33. The van der Waals surface area contributed by atoms with Gasteiger partial charge in [-0.1, -0.05) is 60.5 Å². The molecule has 0 heterocycles. The molecule has 0 spiro atoms. The van der Waals surface area contributed by atoms with Gasteiger partial charge in [0, 0.05) is 6.04 Å². The number of carbonyl (C=O) groups is 2. The third kappa shape index (κ3) is 4.70. The number of carbonyl (C=O) groups excluding carboxylic acids is 2. The van der Waals surface area contributed by atoms with E-state index in [1.165, 1.54) is 25.7 Å². The van der Waals surface area contributed by atoms with Gasteiger partial charge in [-0.15, -0.1) is 0 Å². The van der Waals surface area contributed by atoms with Gasteiger partial charge in [0.2, 0.25) is 5.91 Å². The zero-order valence-corrected chi connectivity index (χ0v) is 18.1. The van der Waals surface area contributed by atoms with Crippen LogP contribution in [-0.2, 0) is 4.79 Å². The van der Waals surface area contributed by atoms with Crippen LogP contribution in [0.4, 0.5) is 0 Å². The van der Waals surface area contributed by atoms with Crippen molar-refractivity contribution in [3.8, 4) is 0 Å². The molecule has 2 saturated carbocycles. The van der Waals surface area contributed by atoms with E-state index >= 15 is 0 Å². The minimum Gasteiger partial charge on any atom is -0.353 e. The van der Waals surface area contributed by atoms with Gasteiger partial charge >= 0.3 is 0 Å². The highest BCUT2D eigenvalue weighted by Gasteiger charge is 2.42. The van der Waals surface area contributed by atoms with Crippen molar-refractivity contribution in [2.45, 2.75) is 51.1 Å². The molecule has 2 aliphatic carbocycles. The number of rotatable bonds is 7. The van der Waals surface area contributed by atoms with Crippen molar-refractivity contribution >= 4 is 23.4 Å². The molecular weight excluding hydrogens is 396 g/mol. The third-order valence-electron chi connectivity index (χ3n) is 6.84. The van der Waals surface area contributed by atoms with Crippen LogP contribution in [0, 0.1) is 17.8 Å². The van der Waals surface area contributed by atoms with Crippen LogP contribution in [0.15, 0.2) is 54.6 Å². The van der Waals surface area contributed by atoms with Crippen molar-refractivity contribution in [1.29, 1.82) is 0 Å². The molecule has 5 heteroatoms. The number of hydrogen-bond donors (Lipinski definition) is 2. The van der Waals surface area contributed by atoms with Crippen LogP contribution in [0.3, 0.4) is 0 Å². The Bertz CT molecular complexity index is 901. The lowest BCUT2D eigenvalue weighted by Gasteiger charge is -2.29. The Hall–Kier alpha value is -2.33. The molecule has 0 radical (unpaired) electrons. The van der Waals surface area contributed by atoms with E-state index in [9.17, 15) is 9.59 Å². The van der Waals surface area contributed by atoms with Gasteiger partial charge < -0.3 is 10.6 Å². The summed E-state index contributed by atoms with van der Waals surface area (Å²) in [5.41, 5.74) is 1.32. The molecule has 0 aromatic heterocycles. The summed E-state index contributed by atoms with van der Waals surface area (Å²) in [7, 11) is 0. The first-order chi connectivity index (χ1) is 14.5. The summed E-state index contributed by atoms with van der Waals surface area (Å²) >= 11 is 6.19. The summed E-state index contributed by atoms with van der Waals surface area (Å²) in [4.78, 5) is 25.7. The zero-order chi connectivity index (χ0) is 21.1. The van der Waals surface area contributed by atoms with Gasteiger partial charge in [0.25, 0.3) is 5.91 Å². The molecule has 2 amide bonds. The molecule has 4 nitrogen and oxygen atoms in total. The van der Waals surface area contributed by atoms with Crippen LogP contribution in [0.1, 0.15) is 61.0 Å². The Labute approximate surface area is 183 Å². The molecule has 2 aromatic rings. The number of fused-ring (bicyclic) bond motifs is 2. The fourth-order valence-corrected chi connectivity index (χ4v) is 5.55. The topological polar surface area (TPSA) is 58.2 Å². The molecule has 2 N–H and O–H groups in total. The third-order valence-corrected chi connectivity index (χ3v) is 7.17. The molecule has 0 unspecified atom stereocenters. The number of benzene rings is 2. The quantitative estimate of drug-likeness (QED) is 0.646. The summed E-state index contributed by atoms with van der Waals surface area (Å²) < 4.78 is 0. The van der Waals surface area contributed by atoms with Crippen molar-refractivity contribution < 1.29 is 9.59 Å². The second-order valence-corrected chi connectivity index (χ2v) is 9.22. The number of amides is 2. The van der Waals surface area contributed by atoms with Crippen molar-refractivity contribution in [3.05, 3.63) is 70.7 Å². The van der Waals surface area contributed by atoms with Gasteiger partial charge in [-0.05, 0) is 61.6 Å². The average Bonchev–Trinajstić information content (AvgIpc) is 3.38. The second kappa shape index (κ2) is 9.22. The molecule has 4 rings (SSSR count). The smallest absolute Gasteiger partial charge is 0.253 e. The van der Waals surface area contributed by atoms with E-state index in [2.05, 4.69) is 17.6 Å². The van der Waals surface area contributed by atoms with Gasteiger partial charge in [0.15, 0.2) is 0 Å². The Kier molecular flexibility index (Phi) is 6.43. The molecule has 2 aliphatic rings. The van der Waals surface area contributed by atoms with Crippen LogP contribution in [0.2, 0.25) is 5.02 Å². The maximum absolute atomic E-state index is 12.9. The van der Waals surface area contributed by atoms with Crippen molar-refractivity contribution in [2.24, 2.45) is 17.8 Å². The van der Waals surface area contributed by atoms with Crippen LogP contribution < -0.4 is 10.6 Å². The molecule has 5 atom stereocenters. The minimum atomic E-state index is -0.415. The van der Waals surface area contributed by atoms with Crippen molar-refractivity contribution in [3.63, 3.8) is 0 Å². The number of halogens is 1. The largest absolute Gasteiger partial charge is 0.353 e. The molecule has 2 bridgehead atoms. The summed E-state index contributed by atoms with van der Waals surface area (Å²) in [6.07, 6.45) is 5.41. The first kappa shape index (κ1) is 20.9. The van der Waals surface area contributed by atoms with Crippen molar-refractivity contribution in [1.82, 2.24) is 10.6 Å². The van der Waals surface area contributed by atoms with E-state index in [4.69, 9.17) is 11.6 Å². The maximum Gasteiger partial charge on any atom is 0.253 e. The van der Waals surface area contributed by atoms with Gasteiger partial charge in [0.05, 0.1) is 23.0 Å². The highest BCUT2D eigenvalue weighted by Crippen LogP contribution is 2.49. The predicted octanol–water partition coefficient (Wildman–Crippen LogP) is 5.14. The van der Waals surface area contributed by atoms with Gasteiger partial charge in [-0.2, -0.15) is 0 Å². The lowest BCUT2D eigenvalue weighted by Crippen LogP contribution is -2.42. The van der Waals surface area contributed by atoms with Gasteiger partial charge in [0.1, 0.15) is 0 Å². The van der Waals surface area contributed by atoms with E-state index in [0.29, 0.717) is 16.5 Å².